The zero-order valence-electron chi connectivity index (χ0n) is 11.8. The van der Waals surface area contributed by atoms with E-state index in [0.717, 1.165) is 11.3 Å². The summed E-state index contributed by atoms with van der Waals surface area (Å²) >= 11 is 10.7. The lowest BCUT2D eigenvalue weighted by Crippen LogP contribution is -2.44. The summed E-state index contributed by atoms with van der Waals surface area (Å²) in [6, 6.07) is 12.7. The Morgan fingerprint density at radius 3 is 2.45 bits per heavy atom. The first-order valence-electron chi connectivity index (χ1n) is 6.45. The normalized spacial score (nSPS) is 9.91. The Balaban J connectivity index is 2.25. The second-order valence-corrected chi connectivity index (χ2v) is 5.50. The molecule has 0 heterocycles. The number of halogens is 1. The van der Waals surface area contributed by atoms with Crippen LogP contribution in [0.2, 0.25) is 5.02 Å². The lowest BCUT2D eigenvalue weighted by atomic mass is 10.1. The molecule has 0 saturated carbocycles. The molecule has 0 atom stereocenters. The van der Waals surface area contributed by atoms with Gasteiger partial charge in [0, 0.05) is 10.7 Å². The van der Waals surface area contributed by atoms with Gasteiger partial charge in [0.05, 0.1) is 11.3 Å². The highest BCUT2D eigenvalue weighted by molar-refractivity contribution is 7.80. The number of hydrazine groups is 1. The summed E-state index contributed by atoms with van der Waals surface area (Å²) in [7, 11) is 0. The molecule has 0 aliphatic heterocycles. The summed E-state index contributed by atoms with van der Waals surface area (Å²) < 4.78 is 0. The highest BCUT2D eigenvalue weighted by atomic mass is 35.5. The molecule has 0 fully saturated rings. The fraction of sp³-hybridized carbons (Fsp3) is 0.0667. The Labute approximate surface area is 138 Å². The Morgan fingerprint density at radius 2 is 1.82 bits per heavy atom. The van der Waals surface area contributed by atoms with Gasteiger partial charge in [0.2, 0.25) is 0 Å². The fourth-order valence-corrected chi connectivity index (χ4v) is 2.02. The molecule has 1 amide bonds. The fourth-order valence-electron chi connectivity index (χ4n) is 1.80. The smallest absolute Gasteiger partial charge is 0.271 e. The standard InChI is InChI=1S/C15H15ClN4OS/c1-9-2-5-11(6-3-9)18-13-8-10(16)4-7-12(13)14(21)19-20-15(17)22/h2-8,18H,1H3,(H,19,21)(H3,17,20,22). The molecule has 7 heteroatoms. The second-order valence-electron chi connectivity index (χ2n) is 4.62. The summed E-state index contributed by atoms with van der Waals surface area (Å²) in [5.74, 6) is -0.376. The van der Waals surface area contributed by atoms with E-state index in [9.17, 15) is 4.79 Å². The van der Waals surface area contributed by atoms with Crippen LogP contribution < -0.4 is 21.9 Å². The van der Waals surface area contributed by atoms with Gasteiger partial charge in [0.1, 0.15) is 0 Å². The topological polar surface area (TPSA) is 79.2 Å². The third kappa shape index (κ3) is 4.34. The summed E-state index contributed by atoms with van der Waals surface area (Å²) in [5.41, 5.74) is 13.1. The van der Waals surface area contributed by atoms with Gasteiger partial charge in [-0.05, 0) is 49.5 Å². The van der Waals surface area contributed by atoms with E-state index >= 15 is 0 Å². The summed E-state index contributed by atoms with van der Waals surface area (Å²) in [4.78, 5) is 12.2. The van der Waals surface area contributed by atoms with Gasteiger partial charge in [-0.2, -0.15) is 0 Å². The van der Waals surface area contributed by atoms with Gasteiger partial charge in [-0.1, -0.05) is 29.3 Å². The van der Waals surface area contributed by atoms with E-state index in [-0.39, 0.29) is 11.0 Å². The molecule has 0 bridgehead atoms. The molecule has 0 saturated heterocycles. The average Bonchev–Trinajstić information content (AvgIpc) is 2.47. The number of nitrogens with one attached hydrogen (secondary N) is 3. The number of benzene rings is 2. The van der Waals surface area contributed by atoms with Crippen LogP contribution in [0, 0.1) is 6.92 Å². The molecular weight excluding hydrogens is 320 g/mol. The molecule has 0 aliphatic carbocycles. The third-order valence-corrected chi connectivity index (χ3v) is 3.19. The maximum absolute atomic E-state index is 12.2. The largest absolute Gasteiger partial charge is 0.375 e. The summed E-state index contributed by atoms with van der Waals surface area (Å²) in [5, 5.41) is 3.68. The zero-order valence-corrected chi connectivity index (χ0v) is 13.4. The third-order valence-electron chi connectivity index (χ3n) is 2.86. The number of rotatable bonds is 3. The number of anilines is 2. The molecule has 2 aromatic rings. The lowest BCUT2D eigenvalue weighted by molar-refractivity contribution is 0.0945. The van der Waals surface area contributed by atoms with E-state index in [0.29, 0.717) is 16.3 Å². The first kappa shape index (κ1) is 16.1. The van der Waals surface area contributed by atoms with Crippen molar-refractivity contribution >= 4 is 46.2 Å². The molecule has 0 spiro atoms. The molecule has 2 rings (SSSR count). The molecule has 5 nitrogen and oxygen atoms in total. The van der Waals surface area contributed by atoms with Crippen LogP contribution in [0.15, 0.2) is 42.5 Å². The predicted octanol–water partition coefficient (Wildman–Crippen LogP) is 2.87. The number of carbonyl (C=O) groups excluding carboxylic acids is 1. The van der Waals surface area contributed by atoms with Gasteiger partial charge in [0.25, 0.3) is 5.91 Å². The van der Waals surface area contributed by atoms with Gasteiger partial charge < -0.3 is 11.1 Å². The van der Waals surface area contributed by atoms with Crippen molar-refractivity contribution in [1.82, 2.24) is 10.9 Å². The van der Waals surface area contributed by atoms with Crippen molar-refractivity contribution in [3.63, 3.8) is 0 Å². The quantitative estimate of drug-likeness (QED) is 0.513. The van der Waals surface area contributed by atoms with E-state index in [1.54, 1.807) is 18.2 Å². The molecule has 2 aromatic carbocycles. The van der Waals surface area contributed by atoms with Crippen LogP contribution in [0.4, 0.5) is 11.4 Å². The molecule has 0 unspecified atom stereocenters. The van der Waals surface area contributed by atoms with Crippen LogP contribution in [-0.4, -0.2) is 11.0 Å². The molecule has 0 radical (unpaired) electrons. The van der Waals surface area contributed by atoms with Crippen molar-refractivity contribution in [3.8, 4) is 0 Å². The Morgan fingerprint density at radius 1 is 1.14 bits per heavy atom. The van der Waals surface area contributed by atoms with Gasteiger partial charge in [0.15, 0.2) is 5.11 Å². The van der Waals surface area contributed by atoms with Crippen molar-refractivity contribution in [2.45, 2.75) is 6.92 Å². The van der Waals surface area contributed by atoms with Crippen molar-refractivity contribution in [2.24, 2.45) is 5.73 Å². The maximum atomic E-state index is 12.2. The first-order valence-corrected chi connectivity index (χ1v) is 7.23. The van der Waals surface area contributed by atoms with Crippen LogP contribution >= 0.6 is 23.8 Å². The Bertz CT molecular complexity index is 703. The predicted molar refractivity (Wildman–Crippen MR) is 93.3 cm³/mol. The summed E-state index contributed by atoms with van der Waals surface area (Å²) in [6.07, 6.45) is 0. The first-order chi connectivity index (χ1) is 10.5. The number of thiocarbonyl (C=S) groups is 1. The summed E-state index contributed by atoms with van der Waals surface area (Å²) in [6.45, 7) is 2.00. The van der Waals surface area contributed by atoms with E-state index in [1.165, 1.54) is 0 Å². The molecule has 22 heavy (non-hydrogen) atoms. The molecule has 5 N–H and O–H groups in total. The van der Waals surface area contributed by atoms with E-state index in [1.807, 2.05) is 31.2 Å². The SMILES string of the molecule is Cc1ccc(Nc2cc(Cl)ccc2C(=O)NNC(N)=S)cc1. The molecule has 114 valence electrons. The Kier molecular flexibility index (Phi) is 5.19. The number of aryl methyl sites for hydroxylation is 1. The maximum Gasteiger partial charge on any atom is 0.271 e. The minimum atomic E-state index is -0.376. The van der Waals surface area contributed by atoms with Crippen molar-refractivity contribution in [2.75, 3.05) is 5.32 Å². The number of hydrogen-bond donors (Lipinski definition) is 4. The van der Waals surface area contributed by atoms with Crippen molar-refractivity contribution in [1.29, 1.82) is 0 Å². The van der Waals surface area contributed by atoms with Crippen LogP contribution in [0.1, 0.15) is 15.9 Å². The molecule has 0 aromatic heterocycles. The van der Waals surface area contributed by atoms with Gasteiger partial charge in [-0.15, -0.1) is 0 Å². The van der Waals surface area contributed by atoms with E-state index in [2.05, 4.69) is 28.4 Å². The van der Waals surface area contributed by atoms with Crippen molar-refractivity contribution in [3.05, 3.63) is 58.6 Å². The number of nitrogens with two attached hydrogens (primary N) is 1. The van der Waals surface area contributed by atoms with Crippen LogP contribution in [-0.2, 0) is 0 Å². The molecule has 0 aliphatic rings. The molecular formula is C15H15ClN4OS. The number of hydrogen-bond acceptors (Lipinski definition) is 3. The van der Waals surface area contributed by atoms with Gasteiger partial charge in [-0.25, -0.2) is 0 Å². The Hall–Kier alpha value is -2.31. The van der Waals surface area contributed by atoms with Crippen molar-refractivity contribution < 1.29 is 4.79 Å². The second kappa shape index (κ2) is 7.11. The van der Waals surface area contributed by atoms with Crippen LogP contribution in [0.25, 0.3) is 0 Å². The monoisotopic (exact) mass is 334 g/mol. The van der Waals surface area contributed by atoms with E-state index in [4.69, 9.17) is 17.3 Å². The lowest BCUT2D eigenvalue weighted by Gasteiger charge is -2.13. The van der Waals surface area contributed by atoms with Gasteiger partial charge >= 0.3 is 0 Å². The van der Waals surface area contributed by atoms with Crippen LogP contribution in [0.3, 0.4) is 0 Å². The highest BCUT2D eigenvalue weighted by Gasteiger charge is 2.12. The highest BCUT2D eigenvalue weighted by Crippen LogP contribution is 2.25. The number of carbonyl (C=O) groups is 1. The minimum Gasteiger partial charge on any atom is -0.375 e. The average molecular weight is 335 g/mol. The zero-order chi connectivity index (χ0) is 16.1. The van der Waals surface area contributed by atoms with Crippen LogP contribution in [0.5, 0.6) is 0 Å². The minimum absolute atomic E-state index is 0.0182. The number of amides is 1. The van der Waals surface area contributed by atoms with Gasteiger partial charge in [-0.3, -0.25) is 15.6 Å². The van der Waals surface area contributed by atoms with E-state index < -0.39 is 0 Å².